The molecule has 1 saturated heterocycles. The Kier molecular flexibility index (Phi) is 4.23. The molecule has 0 aliphatic carbocycles. The molecule has 0 unspecified atom stereocenters. The topological polar surface area (TPSA) is 64.4 Å². The Hall–Kier alpha value is -0.980. The van der Waals surface area contributed by atoms with Gasteiger partial charge in [-0.1, -0.05) is 0 Å². The van der Waals surface area contributed by atoms with Crippen LogP contribution in [0.2, 0.25) is 0 Å². The van der Waals surface area contributed by atoms with Crippen molar-refractivity contribution in [3.63, 3.8) is 0 Å². The van der Waals surface area contributed by atoms with Crippen LogP contribution in [0.3, 0.4) is 0 Å². The monoisotopic (exact) mass is 330 g/mol. The summed E-state index contributed by atoms with van der Waals surface area (Å²) in [5.74, 6) is -0.709. The number of ether oxygens (including phenoxy) is 1. The number of nitrogens with one attached hydrogen (secondary N) is 1. The van der Waals surface area contributed by atoms with Gasteiger partial charge in [0.05, 0.1) is 4.47 Å². The molecule has 6 heteroatoms. The zero-order valence-electron chi connectivity index (χ0n) is 10.6. The van der Waals surface area contributed by atoms with E-state index >= 15 is 0 Å². The molecule has 1 aliphatic heterocycles. The number of carbonyl (C=O) groups is 1. The molecule has 0 aromatic heterocycles. The van der Waals surface area contributed by atoms with Crippen molar-refractivity contribution < 1.29 is 13.9 Å². The number of hydrogen-bond acceptors (Lipinski definition) is 3. The lowest BCUT2D eigenvalue weighted by atomic mass is 9.90. The van der Waals surface area contributed by atoms with Crippen molar-refractivity contribution in [3.05, 3.63) is 28.0 Å². The first-order chi connectivity index (χ1) is 8.92. The molecule has 0 atom stereocenters. The lowest BCUT2D eigenvalue weighted by Gasteiger charge is -2.32. The predicted octanol–water partition coefficient (Wildman–Crippen LogP) is 2.34. The van der Waals surface area contributed by atoms with Crippen LogP contribution in [-0.4, -0.2) is 24.7 Å². The van der Waals surface area contributed by atoms with E-state index in [0.29, 0.717) is 36.2 Å². The fourth-order valence-corrected chi connectivity index (χ4v) is 2.45. The van der Waals surface area contributed by atoms with Crippen LogP contribution in [0, 0.1) is 12.7 Å². The molecule has 1 aromatic carbocycles. The number of aryl methyl sites for hydroxylation is 1. The first-order valence-electron chi connectivity index (χ1n) is 6.06. The molecule has 104 valence electrons. The molecular formula is C13H16BrFN2O2. The minimum Gasteiger partial charge on any atom is -0.381 e. The van der Waals surface area contributed by atoms with Gasteiger partial charge in [0.2, 0.25) is 5.91 Å². The average molecular weight is 331 g/mol. The highest BCUT2D eigenvalue weighted by molar-refractivity contribution is 9.10. The standard InChI is InChI=1S/C13H16BrFN2O2/c1-8-6-9(14)10(15)7-11(8)17-12(18)13(16)2-4-19-5-3-13/h6-7H,2-5,16H2,1H3,(H,17,18). The Balaban J connectivity index is 2.16. The van der Waals surface area contributed by atoms with Gasteiger partial charge in [-0.3, -0.25) is 4.79 Å². The molecule has 19 heavy (non-hydrogen) atoms. The van der Waals surface area contributed by atoms with E-state index < -0.39 is 11.4 Å². The fraction of sp³-hybridized carbons (Fsp3) is 0.462. The third kappa shape index (κ3) is 3.13. The van der Waals surface area contributed by atoms with Gasteiger partial charge in [0.1, 0.15) is 11.4 Å². The molecule has 0 saturated carbocycles. The van der Waals surface area contributed by atoms with Crippen molar-refractivity contribution in [1.82, 2.24) is 0 Å². The number of halogens is 2. The van der Waals surface area contributed by atoms with Crippen molar-refractivity contribution in [1.29, 1.82) is 0 Å². The third-order valence-corrected chi connectivity index (χ3v) is 3.96. The Bertz CT molecular complexity index is 502. The maximum atomic E-state index is 13.5. The van der Waals surface area contributed by atoms with Crippen LogP contribution in [0.5, 0.6) is 0 Å². The Morgan fingerprint density at radius 1 is 1.47 bits per heavy atom. The van der Waals surface area contributed by atoms with Gasteiger partial charge >= 0.3 is 0 Å². The molecule has 0 spiro atoms. The first kappa shape index (κ1) is 14.4. The number of hydrogen-bond donors (Lipinski definition) is 2. The van der Waals surface area contributed by atoms with Crippen molar-refractivity contribution in [2.45, 2.75) is 25.3 Å². The van der Waals surface area contributed by atoms with Crippen molar-refractivity contribution >= 4 is 27.5 Å². The second kappa shape index (κ2) is 5.56. The van der Waals surface area contributed by atoms with Crippen LogP contribution in [0.1, 0.15) is 18.4 Å². The zero-order chi connectivity index (χ0) is 14.0. The van der Waals surface area contributed by atoms with Crippen LogP contribution in [0.25, 0.3) is 0 Å². The zero-order valence-corrected chi connectivity index (χ0v) is 12.2. The molecule has 1 heterocycles. The maximum absolute atomic E-state index is 13.5. The second-order valence-electron chi connectivity index (χ2n) is 4.80. The summed E-state index contributed by atoms with van der Waals surface area (Å²) in [6, 6.07) is 2.91. The quantitative estimate of drug-likeness (QED) is 0.874. The molecule has 3 N–H and O–H groups in total. The molecule has 0 bridgehead atoms. The summed E-state index contributed by atoms with van der Waals surface area (Å²) in [5.41, 5.74) is 6.36. The highest BCUT2D eigenvalue weighted by Crippen LogP contribution is 2.26. The van der Waals surface area contributed by atoms with Crippen LogP contribution < -0.4 is 11.1 Å². The van der Waals surface area contributed by atoms with Gasteiger partial charge in [0, 0.05) is 18.9 Å². The Morgan fingerprint density at radius 3 is 2.74 bits per heavy atom. The van der Waals surface area contributed by atoms with Crippen LogP contribution in [-0.2, 0) is 9.53 Å². The van der Waals surface area contributed by atoms with Crippen molar-refractivity contribution in [2.24, 2.45) is 5.73 Å². The summed E-state index contributed by atoms with van der Waals surface area (Å²) in [6.07, 6.45) is 0.938. The summed E-state index contributed by atoms with van der Waals surface area (Å²) in [5, 5.41) is 2.71. The Labute approximate surface area is 119 Å². The minimum absolute atomic E-state index is 0.291. The third-order valence-electron chi connectivity index (χ3n) is 3.35. The number of nitrogens with two attached hydrogens (primary N) is 1. The summed E-state index contributed by atoms with van der Waals surface area (Å²) in [7, 11) is 0. The van der Waals surface area contributed by atoms with Gasteiger partial charge in [-0.15, -0.1) is 0 Å². The van der Waals surface area contributed by atoms with E-state index in [0.717, 1.165) is 5.56 Å². The molecule has 1 aliphatic rings. The van der Waals surface area contributed by atoms with Crippen molar-refractivity contribution in [3.8, 4) is 0 Å². The van der Waals surface area contributed by atoms with E-state index in [9.17, 15) is 9.18 Å². The molecule has 4 nitrogen and oxygen atoms in total. The number of benzene rings is 1. The number of rotatable bonds is 2. The lowest BCUT2D eigenvalue weighted by Crippen LogP contribution is -2.54. The van der Waals surface area contributed by atoms with E-state index in [4.69, 9.17) is 10.5 Å². The highest BCUT2D eigenvalue weighted by atomic mass is 79.9. The van der Waals surface area contributed by atoms with Gasteiger partial charge in [0.25, 0.3) is 0 Å². The van der Waals surface area contributed by atoms with E-state index in [1.807, 2.05) is 0 Å². The maximum Gasteiger partial charge on any atom is 0.244 e. The molecule has 1 aromatic rings. The normalized spacial score (nSPS) is 18.1. The molecular weight excluding hydrogens is 315 g/mol. The Morgan fingerprint density at radius 2 is 2.11 bits per heavy atom. The number of anilines is 1. The number of amides is 1. The van der Waals surface area contributed by atoms with E-state index in [1.165, 1.54) is 6.07 Å². The summed E-state index contributed by atoms with van der Waals surface area (Å²) in [6.45, 7) is 2.74. The lowest BCUT2D eigenvalue weighted by molar-refractivity contribution is -0.124. The van der Waals surface area contributed by atoms with Crippen LogP contribution >= 0.6 is 15.9 Å². The van der Waals surface area contributed by atoms with Crippen LogP contribution in [0.15, 0.2) is 16.6 Å². The van der Waals surface area contributed by atoms with E-state index in [-0.39, 0.29) is 5.91 Å². The van der Waals surface area contributed by atoms with Gasteiger partial charge in [-0.25, -0.2) is 4.39 Å². The van der Waals surface area contributed by atoms with Gasteiger partial charge < -0.3 is 15.8 Å². The second-order valence-corrected chi connectivity index (χ2v) is 5.66. The summed E-state index contributed by atoms with van der Waals surface area (Å²) < 4.78 is 19.1. The molecule has 1 fully saturated rings. The molecule has 0 radical (unpaired) electrons. The van der Waals surface area contributed by atoms with Gasteiger partial charge in [-0.2, -0.15) is 0 Å². The van der Waals surface area contributed by atoms with Gasteiger partial charge in [0.15, 0.2) is 0 Å². The fourth-order valence-electron chi connectivity index (χ4n) is 1.99. The van der Waals surface area contributed by atoms with E-state index in [2.05, 4.69) is 21.2 Å². The smallest absolute Gasteiger partial charge is 0.244 e. The summed E-state index contributed by atoms with van der Waals surface area (Å²) in [4.78, 5) is 12.2. The molecule has 2 rings (SSSR count). The summed E-state index contributed by atoms with van der Waals surface area (Å²) >= 11 is 3.10. The molecule has 1 amide bonds. The van der Waals surface area contributed by atoms with Gasteiger partial charge in [-0.05, 0) is 53.4 Å². The van der Waals surface area contributed by atoms with Crippen LogP contribution in [0.4, 0.5) is 10.1 Å². The minimum atomic E-state index is -0.936. The SMILES string of the molecule is Cc1cc(Br)c(F)cc1NC(=O)C1(N)CCOCC1. The average Bonchev–Trinajstić information content (AvgIpc) is 2.36. The first-order valence-corrected chi connectivity index (χ1v) is 6.85. The number of carbonyl (C=O) groups excluding carboxylic acids is 1. The highest BCUT2D eigenvalue weighted by Gasteiger charge is 2.36. The largest absolute Gasteiger partial charge is 0.381 e. The van der Waals surface area contributed by atoms with E-state index in [1.54, 1.807) is 13.0 Å². The van der Waals surface area contributed by atoms with Crippen molar-refractivity contribution in [2.75, 3.05) is 18.5 Å². The predicted molar refractivity (Wildman–Crippen MR) is 74.4 cm³/mol.